The van der Waals surface area contributed by atoms with Crippen molar-refractivity contribution < 1.29 is 53.7 Å². The van der Waals surface area contributed by atoms with Crippen LogP contribution in [0.3, 0.4) is 0 Å². The van der Waals surface area contributed by atoms with Gasteiger partial charge in [-0.25, -0.2) is 34.3 Å². The molecule has 24 nitrogen and oxygen atoms in total. The number of ether oxygens (including phenoxy) is 4. The molecule has 4 aliphatic heterocycles. The molecule has 0 amide bonds. The van der Waals surface area contributed by atoms with Crippen molar-refractivity contribution in [1.82, 2.24) is 48.2 Å². The summed E-state index contributed by atoms with van der Waals surface area (Å²) in [6, 6.07) is 55.4. The second-order valence-corrected chi connectivity index (χ2v) is 32.9. The van der Waals surface area contributed by atoms with Crippen LogP contribution in [0.15, 0.2) is 244 Å². The molecule has 4 saturated heterocycles. The summed E-state index contributed by atoms with van der Waals surface area (Å²) in [5.74, 6) is -0.567. The van der Waals surface area contributed by atoms with Gasteiger partial charge in [0.1, 0.15) is 5.15 Å². The number of aromatic nitrogens is 11. The van der Waals surface area contributed by atoms with Crippen LogP contribution in [0.4, 0.5) is 4.39 Å². The molecule has 626 valence electrons. The smallest absolute Gasteiger partial charge is 0.290 e. The highest BCUT2D eigenvalue weighted by atomic mass is 35.5. The van der Waals surface area contributed by atoms with Gasteiger partial charge in [-0.1, -0.05) is 162 Å². The quantitative estimate of drug-likeness (QED) is 0.0235. The molecule has 9 aromatic carbocycles. The molecule has 20 rings (SSSR count). The lowest BCUT2D eigenvalue weighted by Crippen LogP contribution is -2.39. The summed E-state index contributed by atoms with van der Waals surface area (Å²) < 4.78 is 43.1. The second kappa shape index (κ2) is 36.8. The fourth-order valence-electron chi connectivity index (χ4n) is 17.4. The molecule has 0 unspecified atom stereocenters. The molecular weight excluding hydrogens is 1630 g/mol. The van der Waals surface area contributed by atoms with E-state index in [2.05, 4.69) is 54.2 Å². The Hall–Kier alpha value is -11.6. The number of rotatable bonds is 13. The molecule has 123 heavy (non-hydrogen) atoms. The molecule has 0 radical (unpaired) electrons. The van der Waals surface area contributed by atoms with Gasteiger partial charge in [-0.3, -0.25) is 42.7 Å². The van der Waals surface area contributed by atoms with Crippen molar-refractivity contribution in [3.05, 3.63) is 327 Å². The van der Waals surface area contributed by atoms with Gasteiger partial charge >= 0.3 is 0 Å². The van der Waals surface area contributed by atoms with E-state index in [1.54, 1.807) is 57.2 Å². The van der Waals surface area contributed by atoms with Gasteiger partial charge < -0.3 is 39.4 Å². The summed E-state index contributed by atoms with van der Waals surface area (Å²) in [7, 11) is 0. The first-order valence-electron chi connectivity index (χ1n) is 40.8. The van der Waals surface area contributed by atoms with E-state index in [1.165, 1.54) is 34.4 Å². The monoisotopic (exact) mass is 1710 g/mol. The summed E-state index contributed by atoms with van der Waals surface area (Å²) in [6.07, 6.45) is 14.5. The van der Waals surface area contributed by atoms with E-state index < -0.39 is 36.3 Å². The Balaban J connectivity index is 0.000000116. The molecule has 4 aliphatic rings. The molecule has 11 heterocycles. The third-order valence-corrected chi connectivity index (χ3v) is 25.0. The van der Waals surface area contributed by atoms with Crippen LogP contribution in [0.25, 0.3) is 86.7 Å². The van der Waals surface area contributed by atoms with Gasteiger partial charge in [0.2, 0.25) is 6.20 Å². The number of aliphatic hydroxyl groups is 4. The van der Waals surface area contributed by atoms with Gasteiger partial charge in [-0.2, -0.15) is 0 Å². The highest BCUT2D eigenvalue weighted by molar-refractivity contribution is 7.98. The second-order valence-electron chi connectivity index (χ2n) is 31.4. The van der Waals surface area contributed by atoms with E-state index in [1.807, 2.05) is 153 Å². The normalized spacial score (nSPS) is 19.2. The molecule has 5 N–H and O–H groups in total. The first-order valence-corrected chi connectivity index (χ1v) is 42.7. The predicted molar refractivity (Wildman–Crippen MR) is 472 cm³/mol. The lowest BCUT2D eigenvalue weighted by Gasteiger charge is -2.29. The average Bonchev–Trinajstić information content (AvgIpc) is 0.765. The van der Waals surface area contributed by atoms with Crippen LogP contribution < -0.4 is 27.0 Å². The summed E-state index contributed by atoms with van der Waals surface area (Å²) in [5, 5.41) is 62.4. The molecular formula is C95H87Cl2FN11O13S+. The number of pyridine rings is 3. The largest absolute Gasteiger partial charge is 0.389 e. The van der Waals surface area contributed by atoms with E-state index >= 15 is 0 Å². The number of benzene rings is 9. The van der Waals surface area contributed by atoms with Crippen LogP contribution >= 0.6 is 35.0 Å². The molecule has 0 spiro atoms. The zero-order valence-electron chi connectivity index (χ0n) is 67.2. The Bertz CT molecular complexity index is 6810. The van der Waals surface area contributed by atoms with Crippen molar-refractivity contribution in [3.63, 3.8) is 0 Å². The molecule has 16 aromatic rings. The summed E-state index contributed by atoms with van der Waals surface area (Å²) >= 11 is 13.5. The lowest BCUT2D eigenvalue weighted by molar-refractivity contribution is -0.932. The Morgan fingerprint density at radius 3 is 1.11 bits per heavy atom. The first kappa shape index (κ1) is 83.6. The number of aliphatic hydroxyl groups excluding tert-OH is 4. The van der Waals surface area contributed by atoms with Gasteiger partial charge in [0, 0.05) is 89.6 Å². The number of thioether (sulfide) groups is 1. The fraction of sp³-hybridized carbons (Fsp3) is 0.274. The molecule has 7 aromatic heterocycles. The van der Waals surface area contributed by atoms with Crippen molar-refractivity contribution in [2.75, 3.05) is 59.1 Å². The minimum absolute atomic E-state index is 0.110. The van der Waals surface area contributed by atoms with Crippen LogP contribution in [0.5, 0.6) is 0 Å². The van der Waals surface area contributed by atoms with Gasteiger partial charge in [0.05, 0.1) is 144 Å². The van der Waals surface area contributed by atoms with E-state index in [0.29, 0.717) is 119 Å². The Morgan fingerprint density at radius 2 is 0.748 bits per heavy atom. The summed E-state index contributed by atoms with van der Waals surface area (Å²) in [4.78, 5) is 80.2. The SMILES string of the molecule is CSc1ccc(Cc2cc3c(=O)n([C@H]4CCOC[C@@H]4O)cnc3c3ccccc23)c[n+]1O.Cc1cnc(Cl)cc1Cc1cc2c(=O)n([C@H]3CCOC[C@@H]3O)cnc2c2ccccc12.O=c1c2cc(Cc3ccccc3)c3ccccc3c2ncn1[C@H]1CCOC[C@@H]1O.O=c1c2cc(Cc3ccnc(Cl)c3F)c3ccccc3c2ncn1[C@H]1CCOC[C@@H]1O. The Morgan fingerprint density at radius 1 is 0.407 bits per heavy atom. The summed E-state index contributed by atoms with van der Waals surface area (Å²) in [6.45, 7) is 4.88. The van der Waals surface area contributed by atoms with Crippen LogP contribution in [-0.2, 0) is 44.6 Å². The van der Waals surface area contributed by atoms with Crippen molar-refractivity contribution in [3.8, 4) is 0 Å². The number of halogens is 3. The van der Waals surface area contributed by atoms with Crippen molar-refractivity contribution in [2.24, 2.45) is 0 Å². The third kappa shape index (κ3) is 17.2. The minimum Gasteiger partial charge on any atom is -0.389 e. The molecule has 8 atom stereocenters. The predicted octanol–water partition coefficient (Wildman–Crippen LogP) is 13.6. The van der Waals surface area contributed by atoms with Gasteiger partial charge in [0.25, 0.3) is 27.3 Å². The van der Waals surface area contributed by atoms with Crippen LogP contribution in [0.2, 0.25) is 10.3 Å². The number of nitrogens with zero attached hydrogens (tertiary/aromatic N) is 11. The zero-order valence-corrected chi connectivity index (χ0v) is 69.5. The average molecular weight is 1710 g/mol. The van der Waals surface area contributed by atoms with E-state index in [-0.39, 0.29) is 78.4 Å². The van der Waals surface area contributed by atoms with Gasteiger partial charge in [-0.05, 0) is 160 Å². The van der Waals surface area contributed by atoms with E-state index in [0.717, 1.165) is 98.2 Å². The number of hydrogen-bond acceptors (Lipinski definition) is 20. The molecule has 4 fully saturated rings. The molecule has 0 saturated carbocycles. The number of fused-ring (bicyclic) bond motifs is 12. The van der Waals surface area contributed by atoms with Gasteiger partial charge in [-0.15, -0.1) is 0 Å². The van der Waals surface area contributed by atoms with Crippen molar-refractivity contribution >= 4 is 122 Å². The number of aryl methyl sites for hydroxylation is 1. The van der Waals surface area contributed by atoms with E-state index in [4.69, 9.17) is 42.1 Å². The van der Waals surface area contributed by atoms with Gasteiger partial charge in [0.15, 0.2) is 11.0 Å². The Labute approximate surface area is 717 Å². The molecule has 0 bridgehead atoms. The third-order valence-electron chi connectivity index (χ3n) is 23.8. The topological polar surface area (TPSA) is 307 Å². The Kier molecular flexibility index (Phi) is 25.0. The maximum Gasteiger partial charge on any atom is 0.290 e. The fourth-order valence-corrected chi connectivity index (χ4v) is 18.2. The van der Waals surface area contributed by atoms with E-state index in [9.17, 15) is 49.2 Å². The molecule has 28 heteroatoms. The highest BCUT2D eigenvalue weighted by Gasteiger charge is 2.32. The van der Waals surface area contributed by atoms with Crippen molar-refractivity contribution in [2.45, 2.75) is 112 Å². The first-order chi connectivity index (χ1) is 59.8. The van der Waals surface area contributed by atoms with Crippen LogP contribution in [0, 0.1) is 12.7 Å². The minimum atomic E-state index is -0.779. The maximum absolute atomic E-state index is 14.5. The highest BCUT2D eigenvalue weighted by Crippen LogP contribution is 2.36. The maximum atomic E-state index is 14.5. The molecule has 0 aliphatic carbocycles. The number of hydrogen-bond donors (Lipinski definition) is 5. The standard InChI is InChI=1S/C24H22ClN3O3.C24H24N3O4S.C24H22N2O3.C23H19ClFN3O3/c1-14-11-26-22(25)10-15(14)8-16-9-19-23(18-5-3-2-4-17(16)18)27-13-28(24(19)30)20-6-7-31-12-21(20)29;1-32-22-7-6-15(12-27(22)30)10-16-11-19-23(18-5-3-2-4-17(16)18)25-14-26(24(19)29)20-8-9-31-13-21(20)28;27-22-14-29-11-10-21(22)26-15-25-23-19-9-5-4-8-18(19)17(13-20(23)24(26)28)12-16-6-2-1-3-7-16;24-22-20(25)13(5-7-26-22)9-14-10-17-21(16-4-2-1-3-15(14)16)27-12-28(23(17)30)18-6-8-31-11-19(18)29/h2-5,9-11,13,20-21,29H,6-8,12H2,1H3;2-7,11-12,14,20-21,28,30H,8-10,13H2,1H3;1-9,13,15,21-22,27H,10-12,14H2;1-5,7,10,12,18-19,29H,6,8-9,11H2/q;+1;;/t2*20-,21-;21-,22-;18-,19-/m0000/s1. The van der Waals surface area contributed by atoms with Crippen LogP contribution in [-0.4, -0.2) is 157 Å². The van der Waals surface area contributed by atoms with Crippen LogP contribution in [0.1, 0.15) is 99.9 Å². The lowest BCUT2D eigenvalue weighted by atomic mass is 9.95. The zero-order chi connectivity index (χ0) is 85.1. The summed E-state index contributed by atoms with van der Waals surface area (Å²) in [5.41, 5.74) is 10.5. The van der Waals surface area contributed by atoms with Crippen molar-refractivity contribution in [1.29, 1.82) is 0 Å².